The van der Waals surface area contributed by atoms with Gasteiger partial charge >= 0.3 is 12.0 Å². The monoisotopic (exact) mass is 805 g/mol. The lowest BCUT2D eigenvalue weighted by Crippen LogP contribution is -2.63. The summed E-state index contributed by atoms with van der Waals surface area (Å²) < 4.78 is 5.96. The van der Waals surface area contributed by atoms with Crippen molar-refractivity contribution in [2.45, 2.75) is 115 Å². The molecule has 4 aliphatic rings. The quantitative estimate of drug-likeness (QED) is 0.321. The molecule has 0 saturated carbocycles. The van der Waals surface area contributed by atoms with Crippen LogP contribution in [0.1, 0.15) is 70.4 Å². The van der Waals surface area contributed by atoms with Crippen molar-refractivity contribution in [3.05, 3.63) is 64.7 Å². The highest BCUT2D eigenvalue weighted by atomic mass is 35.5. The maximum Gasteiger partial charge on any atom is 0.329 e. The summed E-state index contributed by atoms with van der Waals surface area (Å²) in [6.45, 7) is 7.61. The minimum Gasteiger partial charge on any atom is -0.458 e. The number of urea groups is 1. The van der Waals surface area contributed by atoms with Gasteiger partial charge in [0, 0.05) is 36.8 Å². The van der Waals surface area contributed by atoms with E-state index >= 15 is 0 Å². The molecule has 4 fully saturated rings. The number of ether oxygens (including phenoxy) is 1. The fourth-order valence-corrected chi connectivity index (χ4v) is 8.49. The van der Waals surface area contributed by atoms with Crippen LogP contribution in [0, 0.1) is 12.8 Å². The first-order valence-corrected chi connectivity index (χ1v) is 20.2. The molecule has 16 heteroatoms. The molecule has 7 amide bonds. The molecule has 4 aliphatic heterocycles. The number of halogens is 1. The number of carbonyl (C=O) groups excluding carboxylic acids is 7. The van der Waals surface area contributed by atoms with Gasteiger partial charge in [0.2, 0.25) is 29.5 Å². The molecule has 306 valence electrons. The maximum absolute atomic E-state index is 14.7. The molecular weight excluding hydrogens is 754 g/mol. The zero-order valence-electron chi connectivity index (χ0n) is 32.8. The van der Waals surface area contributed by atoms with Gasteiger partial charge in [-0.05, 0) is 95.0 Å². The summed E-state index contributed by atoms with van der Waals surface area (Å²) in [4.78, 5) is 103. The van der Waals surface area contributed by atoms with E-state index in [1.54, 1.807) is 31.2 Å². The highest BCUT2D eigenvalue weighted by Gasteiger charge is 2.47. The number of esters is 1. The Morgan fingerprint density at radius 1 is 0.860 bits per heavy atom. The van der Waals surface area contributed by atoms with E-state index in [-0.39, 0.29) is 25.4 Å². The number of nitrogens with zero attached hydrogens (tertiary/aromatic N) is 3. The lowest BCUT2D eigenvalue weighted by atomic mass is 9.99. The van der Waals surface area contributed by atoms with Crippen LogP contribution in [0.5, 0.6) is 0 Å². The maximum atomic E-state index is 14.7. The van der Waals surface area contributed by atoms with Crippen molar-refractivity contribution in [3.8, 4) is 0 Å². The van der Waals surface area contributed by atoms with Crippen molar-refractivity contribution in [3.63, 3.8) is 0 Å². The van der Waals surface area contributed by atoms with Gasteiger partial charge in [0.1, 0.15) is 42.4 Å². The Hall–Kier alpha value is -5.18. The summed E-state index contributed by atoms with van der Waals surface area (Å²) in [7, 11) is 0. The molecule has 4 saturated heterocycles. The molecule has 0 bridgehead atoms. The first kappa shape index (κ1) is 41.5. The summed E-state index contributed by atoms with van der Waals surface area (Å²) >= 11 is 6.01. The molecule has 4 heterocycles. The minimum absolute atomic E-state index is 0.0507. The summed E-state index contributed by atoms with van der Waals surface area (Å²) in [5.41, 5.74) is 2.11. The molecule has 6 rings (SSSR count). The molecule has 15 nitrogen and oxygen atoms in total. The van der Waals surface area contributed by atoms with E-state index in [1.165, 1.54) is 21.6 Å². The van der Waals surface area contributed by atoms with Gasteiger partial charge in [-0.3, -0.25) is 24.0 Å². The number of piperidine rings is 1. The number of cyclic esters (lactones) is 1. The number of rotatable bonds is 6. The van der Waals surface area contributed by atoms with E-state index in [4.69, 9.17) is 16.3 Å². The van der Waals surface area contributed by atoms with Crippen LogP contribution in [-0.2, 0) is 39.9 Å². The summed E-state index contributed by atoms with van der Waals surface area (Å²) in [6, 6.07) is 6.75. The van der Waals surface area contributed by atoms with Crippen molar-refractivity contribution >= 4 is 58.8 Å². The molecule has 57 heavy (non-hydrogen) atoms. The van der Waals surface area contributed by atoms with Gasteiger partial charge in [-0.1, -0.05) is 48.4 Å². The summed E-state index contributed by atoms with van der Waals surface area (Å²) in [5.74, 6) is -3.53. The summed E-state index contributed by atoms with van der Waals surface area (Å²) in [5, 5.41) is 11.5. The van der Waals surface area contributed by atoms with E-state index in [0.717, 1.165) is 11.1 Å². The number of hydrogen-bond acceptors (Lipinski definition) is 8. The summed E-state index contributed by atoms with van der Waals surface area (Å²) in [6.07, 6.45) is 1.68. The van der Waals surface area contributed by atoms with Crippen LogP contribution in [0.15, 0.2) is 48.5 Å². The molecule has 2 aromatic carbocycles. The lowest BCUT2D eigenvalue weighted by Gasteiger charge is -2.39. The van der Waals surface area contributed by atoms with E-state index < -0.39 is 83.9 Å². The number of benzene rings is 2. The number of carbonyl (C=O) groups is 7. The molecular formula is C41H52ClN7O8. The number of anilines is 1. The van der Waals surface area contributed by atoms with Crippen molar-refractivity contribution in [2.24, 2.45) is 5.92 Å². The number of fused-ring (bicyclic) bond motifs is 3. The average molecular weight is 806 g/mol. The smallest absolute Gasteiger partial charge is 0.329 e. The third-order valence-electron chi connectivity index (χ3n) is 11.3. The molecule has 4 N–H and O–H groups in total. The second-order valence-electron chi connectivity index (χ2n) is 15.8. The molecule has 8 atom stereocenters. The van der Waals surface area contributed by atoms with E-state index in [9.17, 15) is 33.6 Å². The Morgan fingerprint density at radius 2 is 1.56 bits per heavy atom. The van der Waals surface area contributed by atoms with E-state index in [1.807, 2.05) is 38.1 Å². The van der Waals surface area contributed by atoms with Crippen molar-refractivity contribution in [1.29, 1.82) is 0 Å². The molecule has 0 radical (unpaired) electrons. The van der Waals surface area contributed by atoms with Crippen LogP contribution in [0.25, 0.3) is 0 Å². The number of nitrogens with one attached hydrogen (secondary N) is 4. The molecule has 0 aliphatic carbocycles. The minimum atomic E-state index is -1.48. The zero-order chi connectivity index (χ0) is 41.0. The molecule has 0 unspecified atom stereocenters. The Kier molecular flexibility index (Phi) is 13.1. The highest BCUT2D eigenvalue weighted by molar-refractivity contribution is 6.30. The van der Waals surface area contributed by atoms with Gasteiger partial charge in [-0.2, -0.15) is 0 Å². The third-order valence-corrected chi connectivity index (χ3v) is 11.5. The van der Waals surface area contributed by atoms with Crippen LogP contribution in [-0.4, -0.2) is 118 Å². The second-order valence-corrected chi connectivity index (χ2v) is 16.2. The first-order valence-electron chi connectivity index (χ1n) is 19.8. The van der Waals surface area contributed by atoms with Crippen molar-refractivity contribution < 1.29 is 38.3 Å². The van der Waals surface area contributed by atoms with Gasteiger partial charge < -0.3 is 40.7 Å². The van der Waals surface area contributed by atoms with Crippen molar-refractivity contribution in [1.82, 2.24) is 30.7 Å². The fourth-order valence-electron chi connectivity index (χ4n) is 8.36. The molecule has 2 aromatic rings. The largest absolute Gasteiger partial charge is 0.458 e. The van der Waals surface area contributed by atoms with Crippen molar-refractivity contribution in [2.75, 3.05) is 25.0 Å². The third kappa shape index (κ3) is 9.69. The standard InChI is InChI=1S/C41H52ClN7O8/c1-23-9-7-10-27(19-23)21-30(45-41(56)44-29-15-13-28(42)14-16-29)35(50)46-34-26(4)57-40(55)33-20-24(2)22-49(33)37(52)25(3)43-36(51)31-11-5-6-17-47(31)38(53)32-12-8-18-48(32)39(34)54/h7,9-10,13-16,19,24-26,30-34H,5-6,8,11-12,17-18,20-22H2,1-4H3,(H,43,51)(H,46,50)(H2,44,45,56)/t24-,25-,26-,30-,31-,32-,33-,34-/m0/s1. The predicted molar refractivity (Wildman–Crippen MR) is 211 cm³/mol. The Bertz CT molecular complexity index is 1880. The first-order chi connectivity index (χ1) is 27.2. The van der Waals surface area contributed by atoms with Crippen LogP contribution in [0.4, 0.5) is 10.5 Å². The Balaban J connectivity index is 1.33. The molecule has 0 spiro atoms. The highest BCUT2D eigenvalue weighted by Crippen LogP contribution is 2.29. The van der Waals surface area contributed by atoms with E-state index in [0.29, 0.717) is 55.8 Å². The normalized spacial score (nSPS) is 27.8. The second kappa shape index (κ2) is 18.0. The lowest BCUT2D eigenvalue weighted by molar-refractivity contribution is -0.163. The SMILES string of the molecule is Cc1cccc(C[C@H](NC(=O)Nc2ccc(Cl)cc2)C(=O)N[C@@H]2C(=O)N3CCC[C@H]3C(=O)N3CCCC[C@H]3C(=O)N[C@@H](C)C(=O)N3C[C@@H](C)C[C@H]3C(=O)O[C@H]2C)c1. The Morgan fingerprint density at radius 3 is 2.30 bits per heavy atom. The zero-order valence-corrected chi connectivity index (χ0v) is 33.6. The van der Waals surface area contributed by atoms with Crippen LogP contribution >= 0.6 is 11.6 Å². The average Bonchev–Trinajstić information content (AvgIpc) is 3.83. The predicted octanol–water partition coefficient (Wildman–Crippen LogP) is 2.93. The number of hydrogen-bond donors (Lipinski definition) is 4. The number of amides is 7. The van der Waals surface area contributed by atoms with Crippen LogP contribution in [0.2, 0.25) is 5.02 Å². The fraction of sp³-hybridized carbons (Fsp3) is 0.537. The molecule has 0 aromatic heterocycles. The van der Waals surface area contributed by atoms with E-state index in [2.05, 4.69) is 21.3 Å². The van der Waals surface area contributed by atoms with Gasteiger partial charge in [0.15, 0.2) is 0 Å². The van der Waals surface area contributed by atoms with Gasteiger partial charge in [-0.25, -0.2) is 9.59 Å². The van der Waals surface area contributed by atoms with Crippen LogP contribution < -0.4 is 21.3 Å². The van der Waals surface area contributed by atoms with Gasteiger partial charge in [-0.15, -0.1) is 0 Å². The van der Waals surface area contributed by atoms with Crippen LogP contribution in [0.3, 0.4) is 0 Å². The van der Waals surface area contributed by atoms with Gasteiger partial charge in [0.05, 0.1) is 0 Å². The van der Waals surface area contributed by atoms with Gasteiger partial charge in [0.25, 0.3) is 0 Å². The Labute approximate surface area is 337 Å². The number of aryl methyl sites for hydroxylation is 1. The topological polar surface area (TPSA) is 187 Å².